The highest BCUT2D eigenvalue weighted by molar-refractivity contribution is 5.94. The van der Waals surface area contributed by atoms with Gasteiger partial charge in [-0.3, -0.25) is 4.79 Å². The highest BCUT2D eigenvalue weighted by Gasteiger charge is 2.30. The molecule has 1 amide bonds. The van der Waals surface area contributed by atoms with Gasteiger partial charge in [0.15, 0.2) is 23.1 Å². The fourth-order valence-electron chi connectivity index (χ4n) is 3.45. The molecular weight excluding hydrogens is 399 g/mol. The van der Waals surface area contributed by atoms with Crippen molar-refractivity contribution in [2.24, 2.45) is 0 Å². The second kappa shape index (κ2) is 8.38. The molecule has 0 spiro atoms. The molecule has 5 nitrogen and oxygen atoms in total. The average Bonchev–Trinajstić information content (AvgIpc) is 2.71. The van der Waals surface area contributed by atoms with E-state index < -0.39 is 40.5 Å². The normalized spacial score (nSPS) is 15.2. The minimum atomic E-state index is -1.66. The molecular formula is C22H22F3NO4. The quantitative estimate of drug-likeness (QED) is 0.729. The molecule has 0 saturated carbocycles. The topological polar surface area (TPSA) is 66.8 Å². The first-order chi connectivity index (χ1) is 14.1. The molecule has 1 fully saturated rings. The van der Waals surface area contributed by atoms with Crippen LogP contribution in [-0.4, -0.2) is 40.6 Å². The Kier molecular flexibility index (Phi) is 6.05. The van der Waals surface area contributed by atoms with E-state index in [-0.39, 0.29) is 5.92 Å². The van der Waals surface area contributed by atoms with Crippen molar-refractivity contribution in [2.75, 3.05) is 13.1 Å². The Labute approximate surface area is 172 Å². The zero-order chi connectivity index (χ0) is 22.1. The number of likely N-dealkylation sites (tertiary alicyclic amines) is 1. The lowest BCUT2D eigenvalue weighted by atomic mass is 9.89. The number of nitrogens with zero attached hydrogens (tertiary/aromatic N) is 1. The Morgan fingerprint density at radius 3 is 2.37 bits per heavy atom. The van der Waals surface area contributed by atoms with Crippen LogP contribution in [-0.2, 0) is 4.79 Å². The molecule has 0 aliphatic carbocycles. The summed E-state index contributed by atoms with van der Waals surface area (Å²) in [6.45, 7) is 3.58. The van der Waals surface area contributed by atoms with Crippen LogP contribution in [0.3, 0.4) is 0 Å². The van der Waals surface area contributed by atoms with Crippen LogP contribution in [0.15, 0.2) is 36.4 Å². The molecule has 2 aromatic carbocycles. The average molecular weight is 421 g/mol. The van der Waals surface area contributed by atoms with E-state index in [4.69, 9.17) is 4.74 Å². The third-order valence-electron chi connectivity index (χ3n) is 5.27. The molecule has 0 aromatic heterocycles. The lowest BCUT2D eigenvalue weighted by Crippen LogP contribution is -2.38. The van der Waals surface area contributed by atoms with Crippen molar-refractivity contribution < 1.29 is 32.6 Å². The molecule has 0 bridgehead atoms. The maximum atomic E-state index is 13.9. The van der Waals surface area contributed by atoms with Gasteiger partial charge in [-0.25, -0.2) is 18.0 Å². The van der Waals surface area contributed by atoms with Crippen molar-refractivity contribution in [3.05, 3.63) is 65.0 Å². The lowest BCUT2D eigenvalue weighted by molar-refractivity contribution is -0.152. The first-order valence-corrected chi connectivity index (χ1v) is 9.55. The molecule has 0 atom stereocenters. The molecule has 160 valence electrons. The van der Waals surface area contributed by atoms with Crippen molar-refractivity contribution in [1.82, 2.24) is 4.90 Å². The Morgan fingerprint density at radius 1 is 1.07 bits per heavy atom. The summed E-state index contributed by atoms with van der Waals surface area (Å²) in [7, 11) is 0. The highest BCUT2D eigenvalue weighted by atomic mass is 19.2. The fraction of sp³-hybridized carbons (Fsp3) is 0.364. The van der Waals surface area contributed by atoms with E-state index >= 15 is 0 Å². The van der Waals surface area contributed by atoms with Gasteiger partial charge in [-0.1, -0.05) is 12.1 Å². The number of carboxylic acids is 1. The predicted molar refractivity (Wildman–Crippen MR) is 103 cm³/mol. The number of benzene rings is 2. The number of carbonyl (C=O) groups excluding carboxylic acids is 1. The van der Waals surface area contributed by atoms with Crippen LogP contribution in [0.25, 0.3) is 0 Å². The summed E-state index contributed by atoms with van der Waals surface area (Å²) in [6.07, 6.45) is 1.17. The molecule has 1 heterocycles. The summed E-state index contributed by atoms with van der Waals surface area (Å²) >= 11 is 0. The Bertz CT molecular complexity index is 969. The fourth-order valence-corrected chi connectivity index (χ4v) is 3.45. The number of aliphatic carboxylic acids is 1. The zero-order valence-corrected chi connectivity index (χ0v) is 16.6. The number of carbonyl (C=O) groups is 2. The number of piperidine rings is 1. The van der Waals surface area contributed by atoms with Crippen molar-refractivity contribution >= 4 is 11.9 Å². The molecule has 1 aliphatic rings. The van der Waals surface area contributed by atoms with Gasteiger partial charge >= 0.3 is 5.97 Å². The predicted octanol–water partition coefficient (Wildman–Crippen LogP) is 4.37. The number of carboxylic acid groups (broad SMARTS) is 1. The van der Waals surface area contributed by atoms with Crippen LogP contribution in [0.1, 0.15) is 48.5 Å². The van der Waals surface area contributed by atoms with Gasteiger partial charge < -0.3 is 14.7 Å². The number of halogens is 3. The van der Waals surface area contributed by atoms with Gasteiger partial charge in [-0.2, -0.15) is 0 Å². The van der Waals surface area contributed by atoms with Crippen molar-refractivity contribution in [1.29, 1.82) is 0 Å². The Balaban J connectivity index is 1.67. The second-order valence-electron chi connectivity index (χ2n) is 7.78. The third-order valence-corrected chi connectivity index (χ3v) is 5.27. The van der Waals surface area contributed by atoms with Gasteiger partial charge in [0, 0.05) is 13.1 Å². The summed E-state index contributed by atoms with van der Waals surface area (Å²) in [4.78, 5) is 25.2. The van der Waals surface area contributed by atoms with Crippen LogP contribution in [0.2, 0.25) is 0 Å². The summed E-state index contributed by atoms with van der Waals surface area (Å²) in [5.41, 5.74) is -0.915. The minimum absolute atomic E-state index is 0.0975. The number of hydrogen-bond donors (Lipinski definition) is 1. The maximum absolute atomic E-state index is 13.9. The largest absolute Gasteiger partial charge is 0.478 e. The van der Waals surface area contributed by atoms with Crippen molar-refractivity contribution in [2.45, 2.75) is 38.2 Å². The lowest BCUT2D eigenvalue weighted by Gasteiger charge is -2.32. The molecule has 3 rings (SSSR count). The van der Waals surface area contributed by atoms with Crippen LogP contribution in [0.5, 0.6) is 5.75 Å². The van der Waals surface area contributed by atoms with E-state index in [2.05, 4.69) is 0 Å². The zero-order valence-electron chi connectivity index (χ0n) is 16.6. The SMILES string of the molecule is CC(C)(Oc1cccc(C2CCN(C(=O)c3ccc(F)c(F)c3F)CC2)c1)C(=O)O. The molecule has 1 saturated heterocycles. The van der Waals surface area contributed by atoms with Crippen LogP contribution < -0.4 is 4.74 Å². The molecule has 2 aromatic rings. The molecule has 8 heteroatoms. The molecule has 1 N–H and O–H groups in total. The smallest absolute Gasteiger partial charge is 0.347 e. The summed E-state index contributed by atoms with van der Waals surface area (Å²) in [6, 6.07) is 8.82. The van der Waals surface area contributed by atoms with Crippen LogP contribution in [0.4, 0.5) is 13.2 Å². The van der Waals surface area contributed by atoms with E-state index in [0.717, 1.165) is 17.7 Å². The minimum Gasteiger partial charge on any atom is -0.478 e. The van der Waals surface area contributed by atoms with Gasteiger partial charge in [-0.15, -0.1) is 0 Å². The van der Waals surface area contributed by atoms with Gasteiger partial charge in [0.1, 0.15) is 5.75 Å². The van der Waals surface area contributed by atoms with Crippen LogP contribution in [0, 0.1) is 17.5 Å². The summed E-state index contributed by atoms with van der Waals surface area (Å²) in [5.74, 6) is -5.70. The van der Waals surface area contributed by atoms with Gasteiger partial charge in [0.25, 0.3) is 5.91 Å². The summed E-state index contributed by atoms with van der Waals surface area (Å²) in [5, 5.41) is 9.21. The number of hydrogen-bond acceptors (Lipinski definition) is 3. The summed E-state index contributed by atoms with van der Waals surface area (Å²) < 4.78 is 46.0. The van der Waals surface area contributed by atoms with Crippen molar-refractivity contribution in [3.8, 4) is 5.75 Å². The highest BCUT2D eigenvalue weighted by Crippen LogP contribution is 2.32. The monoisotopic (exact) mass is 421 g/mol. The molecule has 30 heavy (non-hydrogen) atoms. The maximum Gasteiger partial charge on any atom is 0.347 e. The number of rotatable bonds is 5. The first-order valence-electron chi connectivity index (χ1n) is 9.55. The standard InChI is InChI=1S/C22H22F3NO4/c1-22(2,21(28)29)30-15-5-3-4-14(12-15)13-8-10-26(11-9-13)20(27)16-6-7-17(23)19(25)18(16)24/h3-7,12-13H,8-11H2,1-2H3,(H,28,29). The Morgan fingerprint density at radius 2 is 1.73 bits per heavy atom. The van der Waals surface area contributed by atoms with Gasteiger partial charge in [-0.05, 0) is 62.4 Å². The van der Waals surface area contributed by atoms with Gasteiger partial charge in [0.2, 0.25) is 0 Å². The van der Waals surface area contributed by atoms with Gasteiger partial charge in [0.05, 0.1) is 5.56 Å². The molecule has 1 aliphatic heterocycles. The van der Waals surface area contributed by atoms with E-state index in [0.29, 0.717) is 31.7 Å². The van der Waals surface area contributed by atoms with E-state index in [1.54, 1.807) is 18.2 Å². The second-order valence-corrected chi connectivity index (χ2v) is 7.78. The van der Waals surface area contributed by atoms with E-state index in [9.17, 15) is 27.9 Å². The number of amides is 1. The molecule has 0 unspecified atom stereocenters. The molecule has 0 radical (unpaired) electrons. The van der Waals surface area contributed by atoms with Crippen molar-refractivity contribution in [3.63, 3.8) is 0 Å². The Hall–Kier alpha value is -3.03. The van der Waals surface area contributed by atoms with Crippen LogP contribution >= 0.6 is 0 Å². The van der Waals surface area contributed by atoms with E-state index in [1.807, 2.05) is 6.07 Å². The number of ether oxygens (including phenoxy) is 1. The third kappa shape index (κ3) is 4.42. The first kappa shape index (κ1) is 21.7. The van der Waals surface area contributed by atoms with E-state index in [1.165, 1.54) is 18.7 Å².